The monoisotopic (exact) mass is 310 g/mol. The maximum atomic E-state index is 10.3. The second-order valence-corrected chi connectivity index (χ2v) is 5.24. The molecule has 0 rings (SSSR count). The van der Waals surface area contributed by atoms with Crippen molar-refractivity contribution >= 4 is 5.97 Å². The first-order chi connectivity index (χ1) is 10.7. The Morgan fingerprint density at radius 1 is 1.00 bits per heavy atom. The second-order valence-electron chi connectivity index (χ2n) is 5.24. The molecule has 0 amide bonds. The van der Waals surface area contributed by atoms with Gasteiger partial charge in [-0.05, 0) is 32.1 Å². The first kappa shape index (κ1) is 20.6. The summed E-state index contributed by atoms with van der Waals surface area (Å²) in [5, 5.41) is 17.3. The summed E-state index contributed by atoms with van der Waals surface area (Å²) >= 11 is 0. The van der Waals surface area contributed by atoms with Crippen molar-refractivity contribution in [1.82, 2.24) is 0 Å². The summed E-state index contributed by atoms with van der Waals surface area (Å²) < 4.78 is 0. The van der Waals surface area contributed by atoms with E-state index in [2.05, 4.69) is 24.0 Å². The molecule has 22 heavy (non-hydrogen) atoms. The zero-order valence-corrected chi connectivity index (χ0v) is 13.6. The van der Waals surface area contributed by atoms with E-state index in [1.54, 1.807) is 0 Å². The highest BCUT2D eigenvalue weighted by Gasteiger charge is 1.98. The number of carboxylic acids is 1. The van der Waals surface area contributed by atoms with E-state index in [9.17, 15) is 4.79 Å². The molecule has 0 aliphatic carbocycles. The van der Waals surface area contributed by atoms with Crippen molar-refractivity contribution in [3.63, 3.8) is 0 Å². The van der Waals surface area contributed by atoms with Crippen LogP contribution in [0, 0.1) is 0 Å². The minimum Gasteiger partial charge on any atom is -0.481 e. The first-order valence-corrected chi connectivity index (χ1v) is 8.21. The van der Waals surface area contributed by atoms with Crippen LogP contribution in [0.1, 0.15) is 64.7 Å². The lowest BCUT2D eigenvalue weighted by Crippen LogP contribution is -2.02. The standard InChI is InChI=1S/C18H30O4/c1-2-3-4-8-11-14-17(22-21)15-12-9-6-5-7-10-13-16-18(19)20/h3-4,11-12,14-15,17,21H,2,5-10,13,16H2,1H3,(H,19,20)/b4-3-,14-11-,15-12-/t17-/m1/s1. The molecule has 2 N–H and O–H groups in total. The SMILES string of the molecule is CC/C=C\C/C=C\[C@H](/C=C\CCCCCCCC(=O)O)OO. The largest absolute Gasteiger partial charge is 0.481 e. The van der Waals surface area contributed by atoms with Crippen molar-refractivity contribution in [3.05, 3.63) is 36.5 Å². The molecule has 126 valence electrons. The predicted molar refractivity (Wildman–Crippen MR) is 89.8 cm³/mol. The fraction of sp³-hybridized carbons (Fsp3) is 0.611. The normalized spacial score (nSPS) is 13.5. The summed E-state index contributed by atoms with van der Waals surface area (Å²) in [4.78, 5) is 14.7. The van der Waals surface area contributed by atoms with Crippen LogP contribution in [0.15, 0.2) is 36.5 Å². The van der Waals surface area contributed by atoms with Gasteiger partial charge in [-0.25, -0.2) is 4.89 Å². The van der Waals surface area contributed by atoms with Crippen LogP contribution in [0.4, 0.5) is 0 Å². The lowest BCUT2D eigenvalue weighted by molar-refractivity contribution is -0.254. The van der Waals surface area contributed by atoms with E-state index in [0.29, 0.717) is 0 Å². The third-order valence-electron chi connectivity index (χ3n) is 3.21. The molecule has 0 fully saturated rings. The molecule has 4 nitrogen and oxygen atoms in total. The molecule has 0 aromatic carbocycles. The molecule has 0 heterocycles. The Hall–Kier alpha value is -1.39. The van der Waals surface area contributed by atoms with Crippen molar-refractivity contribution in [2.45, 2.75) is 70.8 Å². The van der Waals surface area contributed by atoms with Gasteiger partial charge in [0.15, 0.2) is 0 Å². The summed E-state index contributed by atoms with van der Waals surface area (Å²) in [5.41, 5.74) is 0. The summed E-state index contributed by atoms with van der Waals surface area (Å²) in [5.74, 6) is -0.712. The summed E-state index contributed by atoms with van der Waals surface area (Å²) in [7, 11) is 0. The molecule has 0 aromatic rings. The zero-order valence-electron chi connectivity index (χ0n) is 13.6. The Morgan fingerprint density at radius 3 is 2.36 bits per heavy atom. The number of carbonyl (C=O) groups is 1. The highest BCUT2D eigenvalue weighted by atomic mass is 17.1. The van der Waals surface area contributed by atoms with E-state index in [1.165, 1.54) is 0 Å². The van der Waals surface area contributed by atoms with Crippen LogP contribution in [0.2, 0.25) is 0 Å². The van der Waals surface area contributed by atoms with Gasteiger partial charge >= 0.3 is 5.97 Å². The van der Waals surface area contributed by atoms with Gasteiger partial charge in [0.1, 0.15) is 6.10 Å². The van der Waals surface area contributed by atoms with Gasteiger partial charge in [0.2, 0.25) is 0 Å². The number of hydrogen-bond donors (Lipinski definition) is 2. The molecule has 0 saturated carbocycles. The maximum absolute atomic E-state index is 10.3. The molecule has 0 aliphatic rings. The van der Waals surface area contributed by atoms with E-state index in [0.717, 1.165) is 51.4 Å². The number of rotatable bonds is 14. The topological polar surface area (TPSA) is 66.8 Å². The zero-order chi connectivity index (χ0) is 16.5. The second kappa shape index (κ2) is 16.0. The van der Waals surface area contributed by atoms with Gasteiger partial charge in [0.05, 0.1) is 0 Å². The average Bonchev–Trinajstić information content (AvgIpc) is 2.50. The van der Waals surface area contributed by atoms with Crippen molar-refractivity contribution in [3.8, 4) is 0 Å². The molecule has 0 aromatic heterocycles. The van der Waals surface area contributed by atoms with Gasteiger partial charge in [0, 0.05) is 6.42 Å². The van der Waals surface area contributed by atoms with Gasteiger partial charge in [0.25, 0.3) is 0 Å². The van der Waals surface area contributed by atoms with E-state index in [4.69, 9.17) is 10.4 Å². The summed E-state index contributed by atoms with van der Waals surface area (Å²) in [6.45, 7) is 2.09. The van der Waals surface area contributed by atoms with Crippen LogP contribution in [0.25, 0.3) is 0 Å². The van der Waals surface area contributed by atoms with Crippen molar-refractivity contribution in [2.24, 2.45) is 0 Å². The lowest BCUT2D eigenvalue weighted by atomic mass is 10.1. The third-order valence-corrected chi connectivity index (χ3v) is 3.21. The van der Waals surface area contributed by atoms with Crippen LogP contribution in [-0.4, -0.2) is 22.4 Å². The molecule has 0 spiro atoms. The molecule has 0 radical (unpaired) electrons. The number of unbranched alkanes of at least 4 members (excludes halogenated alkanes) is 5. The molecular weight excluding hydrogens is 280 g/mol. The Kier molecular flexibility index (Phi) is 15.0. The van der Waals surface area contributed by atoms with E-state index in [1.807, 2.05) is 24.3 Å². The first-order valence-electron chi connectivity index (χ1n) is 8.21. The smallest absolute Gasteiger partial charge is 0.303 e. The van der Waals surface area contributed by atoms with Gasteiger partial charge < -0.3 is 5.11 Å². The van der Waals surface area contributed by atoms with Crippen LogP contribution >= 0.6 is 0 Å². The van der Waals surface area contributed by atoms with Gasteiger partial charge in [-0.15, -0.1) is 0 Å². The van der Waals surface area contributed by atoms with Gasteiger partial charge in [-0.3, -0.25) is 10.1 Å². The Labute approximate surface area is 134 Å². The quantitative estimate of drug-likeness (QED) is 0.202. The highest BCUT2D eigenvalue weighted by Crippen LogP contribution is 2.08. The highest BCUT2D eigenvalue weighted by molar-refractivity contribution is 5.66. The number of hydrogen-bond acceptors (Lipinski definition) is 3. The minimum atomic E-state index is -0.712. The fourth-order valence-corrected chi connectivity index (χ4v) is 1.99. The van der Waals surface area contributed by atoms with E-state index >= 15 is 0 Å². The summed E-state index contributed by atoms with van der Waals surface area (Å²) in [6, 6.07) is 0. The Balaban J connectivity index is 3.63. The van der Waals surface area contributed by atoms with Crippen LogP contribution in [0.3, 0.4) is 0 Å². The molecule has 1 atom stereocenters. The summed E-state index contributed by atoms with van der Waals surface area (Å²) in [6.07, 6.45) is 19.6. The molecule has 0 aliphatic heterocycles. The Bertz CT molecular complexity index is 345. The van der Waals surface area contributed by atoms with Crippen LogP contribution < -0.4 is 0 Å². The van der Waals surface area contributed by atoms with E-state index in [-0.39, 0.29) is 12.5 Å². The number of aliphatic carboxylic acids is 1. The van der Waals surface area contributed by atoms with E-state index < -0.39 is 5.97 Å². The van der Waals surface area contributed by atoms with Crippen molar-refractivity contribution in [1.29, 1.82) is 0 Å². The van der Waals surface area contributed by atoms with Gasteiger partial charge in [-0.1, -0.05) is 62.6 Å². The van der Waals surface area contributed by atoms with Crippen LogP contribution in [0.5, 0.6) is 0 Å². The molecule has 0 saturated heterocycles. The number of allylic oxidation sites excluding steroid dienone is 4. The molecule has 4 heteroatoms. The maximum Gasteiger partial charge on any atom is 0.303 e. The van der Waals surface area contributed by atoms with Crippen molar-refractivity contribution < 1.29 is 20.0 Å². The minimum absolute atomic E-state index is 0.273. The van der Waals surface area contributed by atoms with Gasteiger partial charge in [-0.2, -0.15) is 0 Å². The predicted octanol–water partition coefficient (Wildman–Crippen LogP) is 5.13. The third kappa shape index (κ3) is 15.0. The number of carboxylic acid groups (broad SMARTS) is 1. The van der Waals surface area contributed by atoms with Crippen molar-refractivity contribution in [2.75, 3.05) is 0 Å². The van der Waals surface area contributed by atoms with Crippen LogP contribution in [-0.2, 0) is 9.68 Å². The molecule has 0 bridgehead atoms. The molecular formula is C18H30O4. The Morgan fingerprint density at radius 2 is 1.68 bits per heavy atom. The molecule has 0 unspecified atom stereocenters. The fourth-order valence-electron chi connectivity index (χ4n) is 1.99. The average molecular weight is 310 g/mol. The lowest BCUT2D eigenvalue weighted by Gasteiger charge is -2.02.